The van der Waals surface area contributed by atoms with Gasteiger partial charge in [-0.05, 0) is 24.6 Å². The summed E-state index contributed by atoms with van der Waals surface area (Å²) in [5.74, 6) is -0.651. The summed E-state index contributed by atoms with van der Waals surface area (Å²) in [5.41, 5.74) is 3.17. The molecule has 0 amide bonds. The zero-order valence-corrected chi connectivity index (χ0v) is 18.3. The molecule has 1 saturated heterocycles. The van der Waals surface area contributed by atoms with E-state index in [1.165, 1.54) is 0 Å². The normalized spacial score (nSPS) is 19.9. The topological polar surface area (TPSA) is 63.7 Å². The average Bonchev–Trinajstić information content (AvgIpc) is 3.29. The molecule has 2 aliphatic rings. The number of allylic oxidation sites excluding steroid dienone is 1. The molecule has 1 unspecified atom stereocenters. The highest BCUT2D eigenvalue weighted by Gasteiger charge is 2.33. The van der Waals surface area contributed by atoms with Gasteiger partial charge in [-0.1, -0.05) is 29.8 Å². The maximum absolute atomic E-state index is 13.1. The van der Waals surface area contributed by atoms with E-state index >= 15 is 0 Å². The number of hydrogen-bond acceptors (Lipinski definition) is 7. The summed E-state index contributed by atoms with van der Waals surface area (Å²) in [6.07, 6.45) is 3.80. The van der Waals surface area contributed by atoms with Crippen LogP contribution in [0.1, 0.15) is 23.4 Å². The van der Waals surface area contributed by atoms with Crippen LogP contribution in [0.25, 0.3) is 5.70 Å². The number of rotatable bonds is 6. The van der Waals surface area contributed by atoms with Crippen molar-refractivity contribution in [3.63, 3.8) is 0 Å². The Bertz CT molecular complexity index is 952. The number of esters is 1. The Balaban J connectivity index is 1.80. The highest BCUT2D eigenvalue weighted by atomic mass is 35.5. The molecule has 0 aliphatic carbocycles. The quantitative estimate of drug-likeness (QED) is 0.684. The third kappa shape index (κ3) is 4.59. The van der Waals surface area contributed by atoms with Gasteiger partial charge >= 0.3 is 5.97 Å². The highest BCUT2D eigenvalue weighted by molar-refractivity contribution is 7.10. The number of ether oxygens (including phenoxy) is 2. The van der Waals surface area contributed by atoms with Gasteiger partial charge in [0, 0.05) is 47.8 Å². The molecule has 1 fully saturated rings. The monoisotopic (exact) mass is 445 g/mol. The van der Waals surface area contributed by atoms with E-state index in [0.717, 1.165) is 35.1 Å². The van der Waals surface area contributed by atoms with Gasteiger partial charge in [-0.2, -0.15) is 0 Å². The number of halogens is 1. The van der Waals surface area contributed by atoms with Gasteiger partial charge in [-0.3, -0.25) is 4.90 Å². The van der Waals surface area contributed by atoms with E-state index in [9.17, 15) is 4.79 Å². The van der Waals surface area contributed by atoms with Crippen molar-refractivity contribution in [2.75, 3.05) is 39.5 Å². The van der Waals surface area contributed by atoms with E-state index < -0.39 is 0 Å². The van der Waals surface area contributed by atoms with Gasteiger partial charge in [0.05, 0.1) is 31.1 Å². The summed E-state index contributed by atoms with van der Waals surface area (Å²) in [6.45, 7) is 5.73. The third-order valence-corrected chi connectivity index (χ3v) is 6.29. The van der Waals surface area contributed by atoms with Crippen LogP contribution in [0.4, 0.5) is 0 Å². The molecule has 0 saturated carbocycles. The Morgan fingerprint density at radius 1 is 1.37 bits per heavy atom. The van der Waals surface area contributed by atoms with Crippen molar-refractivity contribution >= 4 is 34.6 Å². The lowest BCUT2D eigenvalue weighted by atomic mass is 9.86. The maximum atomic E-state index is 13.1. The molecule has 6 nitrogen and oxygen atoms in total. The van der Waals surface area contributed by atoms with Crippen LogP contribution in [0.15, 0.2) is 53.2 Å². The first-order chi connectivity index (χ1) is 14.7. The van der Waals surface area contributed by atoms with Gasteiger partial charge in [-0.15, -0.1) is 11.3 Å². The number of nitrogens with one attached hydrogen (secondary N) is 1. The Morgan fingerprint density at radius 2 is 2.17 bits per heavy atom. The number of carbonyl (C=O) groups excluding carboxylic acids is 1. The van der Waals surface area contributed by atoms with Crippen LogP contribution in [-0.4, -0.2) is 55.3 Å². The Kier molecular flexibility index (Phi) is 6.84. The molecule has 0 bridgehead atoms. The molecule has 0 spiro atoms. The zero-order chi connectivity index (χ0) is 20.9. The molecule has 1 aromatic carbocycles. The molecule has 2 aliphatic heterocycles. The Hall–Kier alpha value is -2.19. The molecular weight excluding hydrogens is 422 g/mol. The van der Waals surface area contributed by atoms with E-state index in [1.54, 1.807) is 17.5 Å². The van der Waals surface area contributed by atoms with Crippen LogP contribution in [0.3, 0.4) is 0 Å². The molecule has 158 valence electrons. The number of benzene rings is 1. The van der Waals surface area contributed by atoms with Gasteiger partial charge in [0.1, 0.15) is 5.01 Å². The molecule has 4 rings (SSSR count). The van der Waals surface area contributed by atoms with E-state index in [4.69, 9.17) is 21.1 Å². The van der Waals surface area contributed by atoms with Crippen LogP contribution in [0.5, 0.6) is 0 Å². The van der Waals surface area contributed by atoms with Crippen LogP contribution in [0.2, 0.25) is 5.02 Å². The summed E-state index contributed by atoms with van der Waals surface area (Å²) < 4.78 is 10.9. The number of carbonyl (C=O) groups is 1. The molecule has 1 aromatic heterocycles. The lowest BCUT2D eigenvalue weighted by molar-refractivity contribution is -0.138. The van der Waals surface area contributed by atoms with Gasteiger partial charge < -0.3 is 14.8 Å². The van der Waals surface area contributed by atoms with Crippen LogP contribution in [-0.2, 0) is 14.3 Å². The minimum atomic E-state index is -0.326. The number of dihydropyridines is 1. The van der Waals surface area contributed by atoms with E-state index in [0.29, 0.717) is 37.0 Å². The van der Waals surface area contributed by atoms with Crippen molar-refractivity contribution in [1.29, 1.82) is 0 Å². The molecule has 2 aromatic rings. The number of thiazole rings is 1. The maximum Gasteiger partial charge on any atom is 0.336 e. The number of hydrogen-bond donors (Lipinski definition) is 1. The molecule has 1 atom stereocenters. The summed E-state index contributed by atoms with van der Waals surface area (Å²) in [7, 11) is 0. The highest BCUT2D eigenvalue weighted by Crippen LogP contribution is 2.38. The van der Waals surface area contributed by atoms with Crippen molar-refractivity contribution < 1.29 is 14.3 Å². The molecule has 30 heavy (non-hydrogen) atoms. The Labute approximate surface area is 185 Å². The SMILES string of the molecule is CCOC(=O)C1=C(CN2CCOCC2)NC(c2nccs2)=CC1c1ccccc1Cl. The molecule has 3 heterocycles. The summed E-state index contributed by atoms with van der Waals surface area (Å²) in [5, 5.41) is 6.90. The molecule has 0 radical (unpaired) electrons. The fourth-order valence-electron chi connectivity index (χ4n) is 3.73. The average molecular weight is 446 g/mol. The molecular formula is C22H24ClN3O3S. The van der Waals surface area contributed by atoms with Crippen molar-refractivity contribution in [3.8, 4) is 0 Å². The predicted molar refractivity (Wildman–Crippen MR) is 118 cm³/mol. The lowest BCUT2D eigenvalue weighted by Gasteiger charge is -2.33. The standard InChI is InChI=1S/C22H24ClN3O3S/c1-2-29-22(27)20-16(15-5-3-4-6-17(15)23)13-18(21-24-7-12-30-21)25-19(20)14-26-8-10-28-11-9-26/h3-7,12-13,16,25H,2,8-11,14H2,1H3. The fourth-order valence-corrected chi connectivity index (χ4v) is 4.60. The second kappa shape index (κ2) is 9.75. The first-order valence-electron chi connectivity index (χ1n) is 10.0. The molecule has 1 N–H and O–H groups in total. The van der Waals surface area contributed by atoms with Gasteiger partial charge in [-0.25, -0.2) is 9.78 Å². The van der Waals surface area contributed by atoms with Gasteiger partial charge in [0.2, 0.25) is 0 Å². The van der Waals surface area contributed by atoms with Gasteiger partial charge in [0.15, 0.2) is 0 Å². The van der Waals surface area contributed by atoms with Crippen LogP contribution in [0, 0.1) is 0 Å². The second-order valence-electron chi connectivity index (χ2n) is 7.04. The van der Waals surface area contributed by atoms with Crippen molar-refractivity contribution in [3.05, 3.63) is 68.8 Å². The van der Waals surface area contributed by atoms with Crippen LogP contribution >= 0.6 is 22.9 Å². The van der Waals surface area contributed by atoms with Gasteiger partial charge in [0.25, 0.3) is 0 Å². The minimum absolute atomic E-state index is 0.311. The summed E-state index contributed by atoms with van der Waals surface area (Å²) in [4.78, 5) is 19.8. The Morgan fingerprint density at radius 3 is 2.87 bits per heavy atom. The lowest BCUT2D eigenvalue weighted by Crippen LogP contribution is -2.41. The third-order valence-electron chi connectivity index (χ3n) is 5.14. The van der Waals surface area contributed by atoms with E-state index in [1.807, 2.05) is 42.6 Å². The van der Waals surface area contributed by atoms with E-state index in [-0.39, 0.29) is 11.9 Å². The first-order valence-corrected chi connectivity index (χ1v) is 11.3. The number of aromatic nitrogens is 1. The number of morpholine rings is 1. The van der Waals surface area contributed by atoms with Crippen LogP contribution < -0.4 is 5.32 Å². The largest absolute Gasteiger partial charge is 0.463 e. The summed E-state index contributed by atoms with van der Waals surface area (Å²) in [6, 6.07) is 7.63. The fraction of sp³-hybridized carbons (Fsp3) is 0.364. The molecule has 8 heteroatoms. The van der Waals surface area contributed by atoms with Crippen molar-refractivity contribution in [1.82, 2.24) is 15.2 Å². The second-order valence-corrected chi connectivity index (χ2v) is 8.34. The first kappa shape index (κ1) is 21.1. The zero-order valence-electron chi connectivity index (χ0n) is 16.8. The van der Waals surface area contributed by atoms with E-state index in [2.05, 4.69) is 15.2 Å². The summed E-state index contributed by atoms with van der Waals surface area (Å²) >= 11 is 8.10. The predicted octanol–water partition coefficient (Wildman–Crippen LogP) is 3.67. The number of nitrogens with zero attached hydrogens (tertiary/aromatic N) is 2. The minimum Gasteiger partial charge on any atom is -0.463 e. The van der Waals surface area contributed by atoms with Crippen molar-refractivity contribution in [2.24, 2.45) is 0 Å². The smallest absolute Gasteiger partial charge is 0.336 e. The van der Waals surface area contributed by atoms with Crippen molar-refractivity contribution in [2.45, 2.75) is 12.8 Å².